The minimum atomic E-state index is -0.231. The van der Waals surface area contributed by atoms with E-state index < -0.39 is 0 Å². The molecule has 2 aliphatic rings. The second kappa shape index (κ2) is 7.91. The van der Waals surface area contributed by atoms with Gasteiger partial charge < -0.3 is 10.1 Å². The first-order valence-corrected chi connectivity index (χ1v) is 10.1. The number of nitrogens with one attached hydrogen (secondary N) is 1. The van der Waals surface area contributed by atoms with E-state index in [0.717, 1.165) is 42.9 Å². The SMILES string of the molecule is Cc1c(C2CN(Cc3cnc(-n4cnc(C#N)c4)nc3)CCN2)ccc2c1COC2=O. The van der Waals surface area contributed by atoms with Crippen molar-refractivity contribution in [1.29, 1.82) is 5.26 Å². The zero-order valence-corrected chi connectivity index (χ0v) is 17.1. The van der Waals surface area contributed by atoms with Gasteiger partial charge in [0.05, 0.1) is 5.56 Å². The number of nitrogens with zero attached hydrogens (tertiary/aromatic N) is 6. The number of benzene rings is 1. The van der Waals surface area contributed by atoms with E-state index in [1.807, 2.05) is 30.6 Å². The van der Waals surface area contributed by atoms with Gasteiger partial charge >= 0.3 is 5.97 Å². The second-order valence-electron chi connectivity index (χ2n) is 7.79. The molecule has 9 nitrogen and oxygen atoms in total. The molecule has 0 saturated carbocycles. The molecule has 156 valence electrons. The Labute approximate surface area is 179 Å². The van der Waals surface area contributed by atoms with Crippen LogP contribution in [0.2, 0.25) is 0 Å². The normalized spacial score (nSPS) is 18.5. The van der Waals surface area contributed by atoms with Crippen molar-refractivity contribution in [3.63, 3.8) is 0 Å². The van der Waals surface area contributed by atoms with E-state index in [4.69, 9.17) is 10.00 Å². The van der Waals surface area contributed by atoms with Crippen LogP contribution in [0.15, 0.2) is 37.1 Å². The van der Waals surface area contributed by atoms with Gasteiger partial charge in [-0.3, -0.25) is 9.47 Å². The fourth-order valence-corrected chi connectivity index (χ4v) is 4.22. The van der Waals surface area contributed by atoms with Gasteiger partial charge in [0, 0.05) is 61.9 Å². The predicted molar refractivity (Wildman–Crippen MR) is 110 cm³/mol. The van der Waals surface area contributed by atoms with Gasteiger partial charge in [-0.15, -0.1) is 0 Å². The van der Waals surface area contributed by atoms with Gasteiger partial charge in [-0.2, -0.15) is 5.26 Å². The molecule has 1 atom stereocenters. The van der Waals surface area contributed by atoms with Gasteiger partial charge in [0.2, 0.25) is 5.95 Å². The Morgan fingerprint density at radius 2 is 2.13 bits per heavy atom. The molecule has 3 aromatic rings. The van der Waals surface area contributed by atoms with Crippen LogP contribution in [0.3, 0.4) is 0 Å². The number of hydrogen-bond donors (Lipinski definition) is 1. The van der Waals surface area contributed by atoms with Crippen molar-refractivity contribution in [2.75, 3.05) is 19.6 Å². The van der Waals surface area contributed by atoms with Gasteiger partial charge in [0.1, 0.15) is 19.0 Å². The third kappa shape index (κ3) is 3.67. The van der Waals surface area contributed by atoms with Crippen molar-refractivity contribution in [3.05, 3.63) is 70.6 Å². The standard InChI is InChI=1S/C22H21N7O2/c1-14-17(2-3-18-19(14)12-31-21(18)30)20-11-28(5-4-24-20)9-15-7-25-22(26-8-15)29-10-16(6-23)27-13-29/h2-3,7-8,10,13,20,24H,4-5,9,11-12H2,1H3. The summed E-state index contributed by atoms with van der Waals surface area (Å²) in [7, 11) is 0. The maximum atomic E-state index is 11.8. The molecule has 0 aliphatic carbocycles. The molecule has 0 spiro atoms. The number of imidazole rings is 1. The number of cyclic esters (lactones) is 1. The third-order valence-corrected chi connectivity index (χ3v) is 5.87. The summed E-state index contributed by atoms with van der Waals surface area (Å²) in [4.78, 5) is 27.0. The number of rotatable bonds is 4. The van der Waals surface area contributed by atoms with E-state index in [1.165, 1.54) is 11.9 Å². The highest BCUT2D eigenvalue weighted by molar-refractivity contribution is 5.94. The number of carbonyl (C=O) groups is 1. The quantitative estimate of drug-likeness (QED) is 0.641. The van der Waals surface area contributed by atoms with E-state index >= 15 is 0 Å². The summed E-state index contributed by atoms with van der Waals surface area (Å²) in [5.41, 5.74) is 5.39. The number of fused-ring (bicyclic) bond motifs is 1. The van der Waals surface area contributed by atoms with Crippen LogP contribution in [0.1, 0.15) is 44.3 Å². The zero-order chi connectivity index (χ0) is 21.4. The number of ether oxygens (including phenoxy) is 1. The average Bonchev–Trinajstić information content (AvgIpc) is 3.42. The minimum absolute atomic E-state index is 0.185. The Bertz CT molecular complexity index is 1180. The van der Waals surface area contributed by atoms with Crippen molar-refractivity contribution in [2.24, 2.45) is 0 Å². The Balaban J connectivity index is 1.28. The van der Waals surface area contributed by atoms with Crippen molar-refractivity contribution in [3.8, 4) is 12.0 Å². The number of aromatic nitrogens is 4. The predicted octanol–water partition coefficient (Wildman–Crippen LogP) is 1.66. The second-order valence-corrected chi connectivity index (χ2v) is 7.79. The number of hydrogen-bond acceptors (Lipinski definition) is 8. The van der Waals surface area contributed by atoms with Crippen LogP contribution in [0.25, 0.3) is 5.95 Å². The molecule has 4 heterocycles. The molecule has 1 unspecified atom stereocenters. The van der Waals surface area contributed by atoms with Crippen LogP contribution in [-0.2, 0) is 17.9 Å². The molecular weight excluding hydrogens is 394 g/mol. The van der Waals surface area contributed by atoms with Crippen molar-refractivity contribution in [2.45, 2.75) is 26.1 Å². The smallest absolute Gasteiger partial charge is 0.338 e. The van der Waals surface area contributed by atoms with E-state index in [2.05, 4.69) is 32.1 Å². The van der Waals surface area contributed by atoms with Crippen LogP contribution in [0, 0.1) is 18.3 Å². The van der Waals surface area contributed by atoms with Gasteiger partial charge in [-0.1, -0.05) is 6.07 Å². The minimum Gasteiger partial charge on any atom is -0.457 e. The van der Waals surface area contributed by atoms with Crippen molar-refractivity contribution in [1.82, 2.24) is 29.7 Å². The molecule has 2 aliphatic heterocycles. The monoisotopic (exact) mass is 415 g/mol. The summed E-state index contributed by atoms with van der Waals surface area (Å²) in [5, 5.41) is 12.5. The Kier molecular flexibility index (Phi) is 4.94. The van der Waals surface area contributed by atoms with E-state index in [9.17, 15) is 4.79 Å². The number of carbonyl (C=O) groups excluding carboxylic acids is 1. The molecular formula is C22H21N7O2. The van der Waals surface area contributed by atoms with Crippen LogP contribution in [0.5, 0.6) is 0 Å². The Morgan fingerprint density at radius 1 is 1.29 bits per heavy atom. The maximum absolute atomic E-state index is 11.8. The molecule has 1 aromatic carbocycles. The molecule has 0 radical (unpaired) electrons. The van der Waals surface area contributed by atoms with Gasteiger partial charge in [-0.25, -0.2) is 19.7 Å². The van der Waals surface area contributed by atoms with Crippen LogP contribution in [0.4, 0.5) is 0 Å². The molecule has 5 rings (SSSR count). The van der Waals surface area contributed by atoms with E-state index in [1.54, 1.807) is 10.8 Å². The lowest BCUT2D eigenvalue weighted by molar-refractivity contribution is 0.0535. The molecule has 31 heavy (non-hydrogen) atoms. The summed E-state index contributed by atoms with van der Waals surface area (Å²) in [5.74, 6) is 0.257. The molecule has 1 saturated heterocycles. The maximum Gasteiger partial charge on any atom is 0.338 e. The van der Waals surface area contributed by atoms with Gasteiger partial charge in [0.25, 0.3) is 0 Å². The molecule has 1 N–H and O–H groups in total. The summed E-state index contributed by atoms with van der Waals surface area (Å²) in [6, 6.07) is 6.11. The Hall–Kier alpha value is -3.61. The van der Waals surface area contributed by atoms with E-state index in [0.29, 0.717) is 23.8 Å². The fraction of sp³-hybridized carbons (Fsp3) is 0.318. The van der Waals surface area contributed by atoms with Crippen LogP contribution >= 0.6 is 0 Å². The van der Waals surface area contributed by atoms with Crippen LogP contribution in [-0.4, -0.2) is 50.0 Å². The molecule has 1 fully saturated rings. The molecule has 0 bridgehead atoms. The average molecular weight is 415 g/mol. The molecule has 9 heteroatoms. The zero-order valence-electron chi connectivity index (χ0n) is 17.1. The summed E-state index contributed by atoms with van der Waals surface area (Å²) >= 11 is 0. The summed E-state index contributed by atoms with van der Waals surface area (Å²) < 4.78 is 6.82. The highest BCUT2D eigenvalue weighted by Gasteiger charge is 2.28. The first-order valence-electron chi connectivity index (χ1n) is 10.1. The number of nitriles is 1. The van der Waals surface area contributed by atoms with Gasteiger partial charge in [-0.05, 0) is 24.1 Å². The Morgan fingerprint density at radius 3 is 2.90 bits per heavy atom. The van der Waals surface area contributed by atoms with Crippen LogP contribution < -0.4 is 5.32 Å². The third-order valence-electron chi connectivity index (χ3n) is 5.87. The molecule has 0 amide bonds. The number of piperazine rings is 1. The topological polar surface area (TPSA) is 109 Å². The summed E-state index contributed by atoms with van der Waals surface area (Å²) in [6.45, 7) is 5.83. The highest BCUT2D eigenvalue weighted by atomic mass is 16.5. The largest absolute Gasteiger partial charge is 0.457 e. The van der Waals surface area contributed by atoms with E-state index in [-0.39, 0.29) is 12.0 Å². The molecule has 2 aromatic heterocycles. The lowest BCUT2D eigenvalue weighted by Crippen LogP contribution is -2.45. The fourth-order valence-electron chi connectivity index (χ4n) is 4.22. The summed E-state index contributed by atoms with van der Waals surface area (Å²) in [6.07, 6.45) is 6.77. The van der Waals surface area contributed by atoms with Crippen molar-refractivity contribution >= 4 is 5.97 Å². The lowest BCUT2D eigenvalue weighted by Gasteiger charge is -2.34. The lowest BCUT2D eigenvalue weighted by atomic mass is 9.93. The first-order chi connectivity index (χ1) is 15.1. The van der Waals surface area contributed by atoms with Crippen molar-refractivity contribution < 1.29 is 9.53 Å². The van der Waals surface area contributed by atoms with Gasteiger partial charge in [0.15, 0.2) is 5.69 Å². The highest BCUT2D eigenvalue weighted by Crippen LogP contribution is 2.30. The first kappa shape index (κ1) is 19.4. The number of esters is 1.